The van der Waals surface area contributed by atoms with Gasteiger partial charge in [-0.1, -0.05) is 36.4 Å². The van der Waals surface area contributed by atoms with E-state index in [9.17, 15) is 0 Å². The van der Waals surface area contributed by atoms with Crippen LogP contribution in [0.2, 0.25) is 0 Å². The maximum Gasteiger partial charge on any atom is 0.187 e. The number of ether oxygens (including phenoxy) is 1. The number of nitrogens with zero attached hydrogens (tertiary/aromatic N) is 1. The van der Waals surface area contributed by atoms with Crippen LogP contribution in [-0.2, 0) is 4.74 Å². The zero-order valence-corrected chi connectivity index (χ0v) is 12.9. The lowest BCUT2D eigenvalue weighted by molar-refractivity contribution is 0.179. The summed E-state index contributed by atoms with van der Waals surface area (Å²) >= 11 is 5.12. The zero-order valence-electron chi connectivity index (χ0n) is 12.1. The summed E-state index contributed by atoms with van der Waals surface area (Å²) in [5, 5.41) is 7.64. The highest BCUT2D eigenvalue weighted by atomic mass is 32.1. The van der Waals surface area contributed by atoms with E-state index >= 15 is 0 Å². The third kappa shape index (κ3) is 7.01. The summed E-state index contributed by atoms with van der Waals surface area (Å²) in [6.45, 7) is 4.57. The minimum absolute atomic E-state index is 0.149. The summed E-state index contributed by atoms with van der Waals surface area (Å²) in [6, 6.07) is 10.2. The minimum atomic E-state index is 0.149. The Balaban J connectivity index is 2.40. The monoisotopic (exact) mass is 291 g/mol. The fourth-order valence-electron chi connectivity index (χ4n) is 1.59. The molecule has 5 heteroatoms. The molecule has 1 atom stereocenters. The topological polar surface area (TPSA) is 45.6 Å². The van der Waals surface area contributed by atoms with Crippen molar-refractivity contribution in [3.05, 3.63) is 41.5 Å². The van der Waals surface area contributed by atoms with E-state index in [1.165, 1.54) is 0 Å². The van der Waals surface area contributed by atoms with E-state index in [2.05, 4.69) is 21.9 Å². The first kappa shape index (κ1) is 16.3. The second-order valence-electron chi connectivity index (χ2n) is 4.50. The van der Waals surface area contributed by atoms with Crippen molar-refractivity contribution in [1.82, 2.24) is 10.7 Å². The first-order valence-electron chi connectivity index (χ1n) is 6.43. The Bertz CT molecular complexity index is 471. The van der Waals surface area contributed by atoms with Crippen molar-refractivity contribution in [2.24, 2.45) is 5.10 Å². The van der Waals surface area contributed by atoms with Crippen LogP contribution in [0.3, 0.4) is 0 Å². The van der Waals surface area contributed by atoms with Crippen LogP contribution in [0.4, 0.5) is 0 Å². The number of methoxy groups -OCH3 is 1. The summed E-state index contributed by atoms with van der Waals surface area (Å²) < 4.78 is 5.02. The van der Waals surface area contributed by atoms with E-state index in [1.54, 1.807) is 13.3 Å². The average Bonchev–Trinajstić information content (AvgIpc) is 2.39. The number of hydrazone groups is 1. The third-order valence-corrected chi connectivity index (χ3v) is 2.63. The van der Waals surface area contributed by atoms with Crippen LogP contribution in [0, 0.1) is 0 Å². The number of hydrogen-bond donors (Lipinski definition) is 2. The van der Waals surface area contributed by atoms with Crippen molar-refractivity contribution in [2.45, 2.75) is 19.9 Å². The minimum Gasteiger partial charge on any atom is -0.383 e. The molecule has 0 amide bonds. The molecule has 0 spiro atoms. The Morgan fingerprint density at radius 1 is 1.40 bits per heavy atom. The van der Waals surface area contributed by atoms with E-state index < -0.39 is 0 Å². The fourth-order valence-corrected chi connectivity index (χ4v) is 1.84. The second kappa shape index (κ2) is 9.23. The van der Waals surface area contributed by atoms with Crippen molar-refractivity contribution in [2.75, 3.05) is 13.7 Å². The first-order valence-corrected chi connectivity index (χ1v) is 6.84. The van der Waals surface area contributed by atoms with Gasteiger partial charge in [-0.15, -0.1) is 0 Å². The second-order valence-corrected chi connectivity index (χ2v) is 4.91. The highest BCUT2D eigenvalue weighted by Gasteiger charge is 2.01. The molecule has 0 fully saturated rings. The highest BCUT2D eigenvalue weighted by Crippen LogP contribution is 2.04. The van der Waals surface area contributed by atoms with Gasteiger partial charge in [0.1, 0.15) is 0 Å². The Morgan fingerprint density at radius 3 is 2.75 bits per heavy atom. The van der Waals surface area contributed by atoms with Crippen LogP contribution in [0.5, 0.6) is 0 Å². The van der Waals surface area contributed by atoms with Gasteiger partial charge in [0.2, 0.25) is 0 Å². The first-order chi connectivity index (χ1) is 9.61. The van der Waals surface area contributed by atoms with Crippen molar-refractivity contribution < 1.29 is 4.74 Å². The Morgan fingerprint density at radius 2 is 2.10 bits per heavy atom. The Hall–Kier alpha value is -1.72. The van der Waals surface area contributed by atoms with Gasteiger partial charge < -0.3 is 10.1 Å². The SMILES string of the molecule is COC[C@@H](C)NC(=S)N/N=C\C(C)=C\c1ccccc1. The standard InChI is InChI=1S/C15H21N3OS/c1-12(9-14-7-5-4-6-8-14)10-16-18-15(20)17-13(2)11-19-3/h4-10,13H,11H2,1-3H3,(H2,17,18,20)/b12-9+,16-10-/t13-/m1/s1. The van der Waals surface area contributed by atoms with Gasteiger partial charge in [-0.05, 0) is 37.2 Å². The normalized spacial score (nSPS) is 13.2. The van der Waals surface area contributed by atoms with E-state index in [0.717, 1.165) is 11.1 Å². The molecule has 0 aromatic heterocycles. The van der Waals surface area contributed by atoms with Gasteiger partial charge in [0, 0.05) is 13.2 Å². The molecular weight excluding hydrogens is 270 g/mol. The predicted molar refractivity (Wildman–Crippen MR) is 88.8 cm³/mol. The van der Waals surface area contributed by atoms with Crippen LogP contribution in [-0.4, -0.2) is 31.1 Å². The van der Waals surface area contributed by atoms with E-state index in [4.69, 9.17) is 17.0 Å². The van der Waals surface area contributed by atoms with Crippen molar-refractivity contribution in [3.8, 4) is 0 Å². The van der Waals surface area contributed by atoms with Crippen molar-refractivity contribution in [3.63, 3.8) is 0 Å². The quantitative estimate of drug-likeness (QED) is 0.480. The van der Waals surface area contributed by atoms with Gasteiger partial charge in [-0.3, -0.25) is 5.43 Å². The highest BCUT2D eigenvalue weighted by molar-refractivity contribution is 7.80. The lowest BCUT2D eigenvalue weighted by Gasteiger charge is -2.13. The molecule has 0 unspecified atom stereocenters. The number of nitrogens with one attached hydrogen (secondary N) is 2. The lowest BCUT2D eigenvalue weighted by atomic mass is 10.1. The van der Waals surface area contributed by atoms with Crippen LogP contribution in [0.25, 0.3) is 6.08 Å². The smallest absolute Gasteiger partial charge is 0.187 e. The number of benzene rings is 1. The summed E-state index contributed by atoms with van der Waals surface area (Å²) in [5.41, 5.74) is 4.96. The van der Waals surface area contributed by atoms with Gasteiger partial charge in [0.25, 0.3) is 0 Å². The molecule has 0 aliphatic heterocycles. The molecule has 0 heterocycles. The van der Waals surface area contributed by atoms with E-state index in [-0.39, 0.29) is 6.04 Å². The lowest BCUT2D eigenvalue weighted by Crippen LogP contribution is -2.40. The molecule has 2 N–H and O–H groups in total. The molecule has 0 radical (unpaired) electrons. The Kier molecular flexibility index (Phi) is 7.54. The number of allylic oxidation sites excluding steroid dienone is 1. The van der Waals surface area contributed by atoms with Crippen LogP contribution in [0.15, 0.2) is 41.0 Å². The molecule has 0 saturated heterocycles. The van der Waals surface area contributed by atoms with Crippen LogP contribution < -0.4 is 10.7 Å². The predicted octanol–water partition coefficient (Wildman–Crippen LogP) is 2.57. The zero-order chi connectivity index (χ0) is 14.8. The van der Waals surface area contributed by atoms with E-state index in [0.29, 0.717) is 11.7 Å². The molecule has 108 valence electrons. The van der Waals surface area contributed by atoms with Crippen LogP contribution >= 0.6 is 12.2 Å². The van der Waals surface area contributed by atoms with Crippen molar-refractivity contribution >= 4 is 29.6 Å². The molecule has 0 aliphatic carbocycles. The number of hydrogen-bond acceptors (Lipinski definition) is 3. The molecular formula is C15H21N3OS. The van der Waals surface area contributed by atoms with Crippen molar-refractivity contribution in [1.29, 1.82) is 0 Å². The van der Waals surface area contributed by atoms with Gasteiger partial charge in [-0.25, -0.2) is 0 Å². The summed E-state index contributed by atoms with van der Waals surface area (Å²) in [4.78, 5) is 0. The average molecular weight is 291 g/mol. The molecule has 0 saturated carbocycles. The summed E-state index contributed by atoms with van der Waals surface area (Å²) in [7, 11) is 1.66. The molecule has 1 aromatic rings. The third-order valence-electron chi connectivity index (χ3n) is 2.42. The summed E-state index contributed by atoms with van der Waals surface area (Å²) in [6.07, 6.45) is 3.79. The van der Waals surface area contributed by atoms with Gasteiger partial charge >= 0.3 is 0 Å². The molecule has 20 heavy (non-hydrogen) atoms. The fraction of sp³-hybridized carbons (Fsp3) is 0.333. The van der Waals surface area contributed by atoms with Gasteiger partial charge in [0.05, 0.1) is 12.8 Å². The van der Waals surface area contributed by atoms with Gasteiger partial charge in [0.15, 0.2) is 5.11 Å². The molecule has 1 rings (SSSR count). The summed E-state index contributed by atoms with van der Waals surface area (Å²) in [5.74, 6) is 0. The molecule has 4 nitrogen and oxygen atoms in total. The Labute approximate surface area is 125 Å². The molecule has 0 aliphatic rings. The number of rotatable bonds is 6. The van der Waals surface area contributed by atoms with Crippen LogP contribution in [0.1, 0.15) is 19.4 Å². The molecule has 0 bridgehead atoms. The maximum absolute atomic E-state index is 5.12. The van der Waals surface area contributed by atoms with E-state index in [1.807, 2.05) is 44.2 Å². The number of thiocarbonyl (C=S) groups is 1. The maximum atomic E-state index is 5.12. The molecule has 1 aromatic carbocycles. The largest absolute Gasteiger partial charge is 0.383 e. The van der Waals surface area contributed by atoms with Gasteiger partial charge in [-0.2, -0.15) is 5.10 Å².